The zero-order valence-corrected chi connectivity index (χ0v) is 12.3. The van der Waals surface area contributed by atoms with Gasteiger partial charge in [0.2, 0.25) is 0 Å². The SMILES string of the molecule is FC(F)(F)[s+]1c(C2CC2)cc2ccc(Cl)cc21.[Br-]. The molecule has 1 aromatic heterocycles. The molecule has 0 amide bonds. The van der Waals surface area contributed by atoms with Crippen molar-refractivity contribution in [3.63, 3.8) is 0 Å². The molecule has 1 atom stereocenters. The Hall–Kier alpha value is -0.260. The lowest BCUT2D eigenvalue weighted by Gasteiger charge is -1.98. The Bertz CT molecular complexity index is 587. The summed E-state index contributed by atoms with van der Waals surface area (Å²) in [4.78, 5) is 0.551. The summed E-state index contributed by atoms with van der Waals surface area (Å²) < 4.78 is 39.8. The summed E-state index contributed by atoms with van der Waals surface area (Å²) in [7, 11) is -1.76. The molecule has 3 rings (SSSR count). The number of thiophene rings is 1. The highest BCUT2D eigenvalue weighted by Gasteiger charge is 2.51. The van der Waals surface area contributed by atoms with Crippen LogP contribution in [-0.2, 0) is 5.51 Å². The zero-order chi connectivity index (χ0) is 12.2. The van der Waals surface area contributed by atoms with Gasteiger partial charge in [-0.25, -0.2) is 0 Å². The van der Waals surface area contributed by atoms with E-state index in [9.17, 15) is 13.2 Å². The van der Waals surface area contributed by atoms with Crippen LogP contribution >= 0.6 is 22.1 Å². The van der Waals surface area contributed by atoms with Crippen molar-refractivity contribution >= 4 is 32.2 Å². The first-order valence-corrected chi connectivity index (χ1v) is 6.89. The molecule has 1 saturated carbocycles. The fraction of sp³-hybridized carbons (Fsp3) is 0.333. The van der Waals surface area contributed by atoms with E-state index in [1.54, 1.807) is 18.2 Å². The number of fused-ring (bicyclic) bond motifs is 1. The molecule has 0 saturated heterocycles. The first kappa shape index (κ1) is 14.2. The van der Waals surface area contributed by atoms with Crippen molar-refractivity contribution in [2.75, 3.05) is 0 Å². The molecular weight excluding hydrogens is 349 g/mol. The number of hydrogen-bond acceptors (Lipinski definition) is 0. The standard InChI is InChI=1S/C12H9ClF3S.BrH/c13-9-4-3-8-5-10(7-1-2-7)17(11(8)6-9)12(14,15)16;/h3-7H,1-2H2;1H/q+1;/p-1. The maximum Gasteiger partial charge on any atom is 0.600 e. The third kappa shape index (κ3) is 2.40. The van der Waals surface area contributed by atoms with Crippen LogP contribution in [0.3, 0.4) is 0 Å². The van der Waals surface area contributed by atoms with Gasteiger partial charge in [-0.1, -0.05) is 11.6 Å². The molecule has 1 aliphatic carbocycles. The van der Waals surface area contributed by atoms with Crippen LogP contribution in [0.4, 0.5) is 13.2 Å². The summed E-state index contributed by atoms with van der Waals surface area (Å²) in [5, 5.41) is 1.05. The van der Waals surface area contributed by atoms with Gasteiger partial charge in [0.1, 0.15) is 0 Å². The van der Waals surface area contributed by atoms with Crippen LogP contribution in [0.5, 0.6) is 0 Å². The summed E-state index contributed by atoms with van der Waals surface area (Å²) in [5.74, 6) is 0.131. The Balaban J connectivity index is 0.00000120. The van der Waals surface area contributed by atoms with Gasteiger partial charge in [0, 0.05) is 28.5 Å². The predicted molar refractivity (Wildman–Crippen MR) is 64.7 cm³/mol. The maximum absolute atomic E-state index is 13.1. The molecule has 0 N–H and O–H groups in total. The summed E-state index contributed by atoms with van der Waals surface area (Å²) in [5.41, 5.74) is -4.19. The molecule has 1 unspecified atom stereocenters. The first-order chi connectivity index (χ1) is 7.97. The van der Waals surface area contributed by atoms with E-state index in [1.165, 1.54) is 6.07 Å². The molecule has 1 aromatic carbocycles. The number of halogens is 5. The highest BCUT2D eigenvalue weighted by Crippen LogP contribution is 2.57. The molecule has 0 spiro atoms. The second-order valence-corrected chi connectivity index (χ2v) is 6.68. The van der Waals surface area contributed by atoms with E-state index < -0.39 is 16.0 Å². The molecule has 2 aromatic rings. The highest BCUT2D eigenvalue weighted by molar-refractivity contribution is 7.38. The van der Waals surface area contributed by atoms with Crippen LogP contribution in [-0.4, -0.2) is 0 Å². The first-order valence-electron chi connectivity index (χ1n) is 5.29. The van der Waals surface area contributed by atoms with E-state index in [1.807, 2.05) is 0 Å². The van der Waals surface area contributed by atoms with Crippen molar-refractivity contribution in [2.45, 2.75) is 24.3 Å². The van der Waals surface area contributed by atoms with E-state index in [4.69, 9.17) is 11.6 Å². The topological polar surface area (TPSA) is 0 Å². The number of rotatable bonds is 1. The van der Waals surface area contributed by atoms with Crippen LogP contribution in [0.1, 0.15) is 23.6 Å². The lowest BCUT2D eigenvalue weighted by Crippen LogP contribution is -3.00. The van der Waals surface area contributed by atoms with E-state index in [-0.39, 0.29) is 22.9 Å². The summed E-state index contributed by atoms with van der Waals surface area (Å²) >= 11 is 5.80. The van der Waals surface area contributed by atoms with Gasteiger partial charge >= 0.3 is 5.51 Å². The molecule has 1 fully saturated rings. The molecule has 18 heavy (non-hydrogen) atoms. The van der Waals surface area contributed by atoms with Gasteiger partial charge in [0.25, 0.3) is 0 Å². The molecule has 98 valence electrons. The molecular formula is C12H9BrClF3S. The zero-order valence-electron chi connectivity index (χ0n) is 9.10. The van der Waals surface area contributed by atoms with Crippen LogP contribution in [0.25, 0.3) is 10.1 Å². The molecule has 1 aliphatic rings. The Kier molecular flexibility index (Phi) is 3.69. The normalized spacial score (nSPS) is 16.8. The second kappa shape index (κ2) is 4.69. The Labute approximate surface area is 120 Å². The minimum Gasteiger partial charge on any atom is -1.00 e. The van der Waals surface area contributed by atoms with Gasteiger partial charge in [-0.3, -0.25) is 0 Å². The van der Waals surface area contributed by atoms with Gasteiger partial charge in [0.15, 0.2) is 9.58 Å². The minimum atomic E-state index is -4.19. The summed E-state index contributed by atoms with van der Waals surface area (Å²) in [6.45, 7) is 0. The molecule has 0 nitrogen and oxygen atoms in total. The number of benzene rings is 1. The third-order valence-electron chi connectivity index (χ3n) is 2.94. The Morgan fingerprint density at radius 2 is 1.83 bits per heavy atom. The number of alkyl halides is 3. The predicted octanol–water partition coefficient (Wildman–Crippen LogP) is 2.60. The van der Waals surface area contributed by atoms with Crippen LogP contribution in [0.2, 0.25) is 5.02 Å². The minimum absolute atomic E-state index is 0. The second-order valence-electron chi connectivity index (χ2n) is 4.26. The highest BCUT2D eigenvalue weighted by atomic mass is 79.9. The van der Waals surface area contributed by atoms with Crippen molar-refractivity contribution in [3.8, 4) is 0 Å². The molecule has 1 heterocycles. The fourth-order valence-corrected chi connectivity index (χ4v) is 4.48. The number of hydrogen-bond donors (Lipinski definition) is 0. The molecule has 0 aliphatic heterocycles. The Morgan fingerprint density at radius 1 is 1.17 bits per heavy atom. The lowest BCUT2D eigenvalue weighted by molar-refractivity contribution is -0.0867. The van der Waals surface area contributed by atoms with Gasteiger partial charge in [-0.05, 0) is 25.0 Å². The maximum atomic E-state index is 13.1. The van der Waals surface area contributed by atoms with E-state index >= 15 is 0 Å². The average Bonchev–Trinajstić information content (AvgIpc) is 2.97. The van der Waals surface area contributed by atoms with Crippen LogP contribution in [0.15, 0.2) is 24.3 Å². The monoisotopic (exact) mass is 356 g/mol. The largest absolute Gasteiger partial charge is 1.00 e. The Morgan fingerprint density at radius 3 is 2.39 bits per heavy atom. The van der Waals surface area contributed by atoms with Crippen molar-refractivity contribution in [1.29, 1.82) is 0 Å². The van der Waals surface area contributed by atoms with Crippen molar-refractivity contribution < 1.29 is 30.2 Å². The molecule has 6 heteroatoms. The van der Waals surface area contributed by atoms with E-state index in [0.717, 1.165) is 12.8 Å². The average molecular weight is 358 g/mol. The fourth-order valence-electron chi connectivity index (χ4n) is 2.05. The molecule has 0 bridgehead atoms. The van der Waals surface area contributed by atoms with Crippen molar-refractivity contribution in [3.05, 3.63) is 34.2 Å². The van der Waals surface area contributed by atoms with Gasteiger partial charge in [-0.2, -0.15) is 0 Å². The van der Waals surface area contributed by atoms with Crippen LogP contribution in [0, 0.1) is 0 Å². The smallest absolute Gasteiger partial charge is 0.600 e. The van der Waals surface area contributed by atoms with Crippen LogP contribution < -0.4 is 17.0 Å². The summed E-state index contributed by atoms with van der Waals surface area (Å²) in [6, 6.07) is 6.49. The van der Waals surface area contributed by atoms with Gasteiger partial charge in [0.05, 0.1) is 10.5 Å². The van der Waals surface area contributed by atoms with Gasteiger partial charge in [-0.15, -0.1) is 13.2 Å². The quantitative estimate of drug-likeness (QED) is 0.688. The van der Waals surface area contributed by atoms with Crippen molar-refractivity contribution in [1.82, 2.24) is 0 Å². The lowest BCUT2D eigenvalue weighted by atomic mass is 10.2. The van der Waals surface area contributed by atoms with E-state index in [2.05, 4.69) is 0 Å². The van der Waals surface area contributed by atoms with Crippen molar-refractivity contribution in [2.24, 2.45) is 0 Å². The molecule has 0 radical (unpaired) electrons. The third-order valence-corrected chi connectivity index (χ3v) is 5.35. The van der Waals surface area contributed by atoms with Gasteiger partial charge < -0.3 is 17.0 Å². The summed E-state index contributed by atoms with van der Waals surface area (Å²) in [6.07, 6.45) is 1.76. The van der Waals surface area contributed by atoms with E-state index in [0.29, 0.717) is 20.0 Å².